The molecule has 1 aromatic heterocycles. The Morgan fingerprint density at radius 3 is 2.65 bits per heavy atom. The molecule has 0 aliphatic carbocycles. The second kappa shape index (κ2) is 5.53. The Kier molecular flexibility index (Phi) is 4.04. The third-order valence-corrected chi connectivity index (χ3v) is 3.95. The third kappa shape index (κ3) is 3.00. The molecule has 0 aliphatic rings. The van der Waals surface area contributed by atoms with E-state index in [1.807, 2.05) is 31.3 Å². The summed E-state index contributed by atoms with van der Waals surface area (Å²) in [7, 11) is 1.87. The number of hydrogen-bond acceptors (Lipinski definition) is 4. The molecule has 0 fully saturated rings. The second-order valence-electron chi connectivity index (χ2n) is 3.56. The summed E-state index contributed by atoms with van der Waals surface area (Å²) < 4.78 is 1.74. The third-order valence-electron chi connectivity index (χ3n) is 2.37. The Morgan fingerprint density at radius 1 is 1.41 bits per heavy atom. The highest BCUT2D eigenvalue weighted by Crippen LogP contribution is 2.33. The highest BCUT2D eigenvalue weighted by atomic mass is 35.5. The Labute approximate surface area is 109 Å². The van der Waals surface area contributed by atoms with Gasteiger partial charge < -0.3 is 5.73 Å². The van der Waals surface area contributed by atoms with Gasteiger partial charge in [-0.3, -0.25) is 0 Å². The molecule has 2 rings (SSSR count). The number of nitrogens with zero attached hydrogens (tertiary/aromatic N) is 3. The first-order valence-corrected chi connectivity index (χ1v) is 6.42. The number of rotatable bonds is 4. The first kappa shape index (κ1) is 12.4. The lowest BCUT2D eigenvalue weighted by atomic mass is 10.1. The van der Waals surface area contributed by atoms with Crippen LogP contribution in [0.4, 0.5) is 0 Å². The first-order valence-electron chi connectivity index (χ1n) is 5.17. The van der Waals surface area contributed by atoms with E-state index < -0.39 is 0 Å². The van der Waals surface area contributed by atoms with Crippen molar-refractivity contribution in [3.63, 3.8) is 0 Å². The van der Waals surface area contributed by atoms with E-state index in [0.717, 1.165) is 15.7 Å². The number of thioether (sulfide) groups is 1. The molecule has 1 aromatic carbocycles. The summed E-state index contributed by atoms with van der Waals surface area (Å²) in [6.07, 6.45) is 1.54. The summed E-state index contributed by atoms with van der Waals surface area (Å²) in [5.74, 6) is 0. The van der Waals surface area contributed by atoms with Gasteiger partial charge in [-0.2, -0.15) is 5.10 Å². The monoisotopic (exact) mass is 268 g/mol. The van der Waals surface area contributed by atoms with E-state index in [0.29, 0.717) is 6.54 Å². The number of benzene rings is 1. The Morgan fingerprint density at radius 2 is 2.12 bits per heavy atom. The Hall–Kier alpha value is -1.04. The van der Waals surface area contributed by atoms with E-state index in [-0.39, 0.29) is 5.25 Å². The topological polar surface area (TPSA) is 56.7 Å². The SMILES string of the molecule is Cn1ncnc1SC(CN)c1ccc(Cl)cc1. The minimum Gasteiger partial charge on any atom is -0.329 e. The smallest absolute Gasteiger partial charge is 0.186 e. The summed E-state index contributed by atoms with van der Waals surface area (Å²) in [5.41, 5.74) is 6.94. The van der Waals surface area contributed by atoms with Crippen LogP contribution in [0.2, 0.25) is 5.02 Å². The zero-order valence-corrected chi connectivity index (χ0v) is 10.9. The largest absolute Gasteiger partial charge is 0.329 e. The predicted molar refractivity (Wildman–Crippen MR) is 70.1 cm³/mol. The van der Waals surface area contributed by atoms with Crippen molar-refractivity contribution in [3.05, 3.63) is 41.2 Å². The molecule has 90 valence electrons. The van der Waals surface area contributed by atoms with E-state index in [4.69, 9.17) is 17.3 Å². The fourth-order valence-electron chi connectivity index (χ4n) is 1.45. The first-order chi connectivity index (χ1) is 8.20. The Balaban J connectivity index is 2.17. The number of hydrogen-bond donors (Lipinski definition) is 1. The fourth-order valence-corrected chi connectivity index (χ4v) is 2.53. The van der Waals surface area contributed by atoms with Crippen LogP contribution in [0.15, 0.2) is 35.7 Å². The molecule has 0 spiro atoms. The van der Waals surface area contributed by atoms with Crippen LogP contribution in [-0.4, -0.2) is 21.3 Å². The van der Waals surface area contributed by atoms with Crippen LogP contribution in [0.3, 0.4) is 0 Å². The van der Waals surface area contributed by atoms with Gasteiger partial charge in [0.25, 0.3) is 0 Å². The molecule has 1 unspecified atom stereocenters. The average Bonchev–Trinajstić information content (AvgIpc) is 2.73. The van der Waals surface area contributed by atoms with Gasteiger partial charge in [-0.05, 0) is 17.7 Å². The summed E-state index contributed by atoms with van der Waals surface area (Å²) in [6, 6.07) is 7.72. The predicted octanol–water partition coefficient (Wildman–Crippen LogP) is 2.26. The zero-order chi connectivity index (χ0) is 12.3. The summed E-state index contributed by atoms with van der Waals surface area (Å²) in [4.78, 5) is 4.18. The lowest BCUT2D eigenvalue weighted by Gasteiger charge is -2.13. The second-order valence-corrected chi connectivity index (χ2v) is 5.17. The number of aromatic nitrogens is 3. The standard InChI is InChI=1S/C11H13ClN4S/c1-16-11(14-7-15-16)17-10(6-13)8-2-4-9(12)5-3-8/h2-5,7,10H,6,13H2,1H3. The number of aryl methyl sites for hydroxylation is 1. The van der Waals surface area contributed by atoms with Crippen LogP contribution >= 0.6 is 23.4 Å². The van der Waals surface area contributed by atoms with Gasteiger partial charge in [0.1, 0.15) is 6.33 Å². The van der Waals surface area contributed by atoms with E-state index >= 15 is 0 Å². The van der Waals surface area contributed by atoms with Gasteiger partial charge in [0.2, 0.25) is 0 Å². The molecule has 0 amide bonds. The number of halogens is 1. The average molecular weight is 269 g/mol. The van der Waals surface area contributed by atoms with Crippen molar-refractivity contribution in [3.8, 4) is 0 Å². The molecule has 0 bridgehead atoms. The maximum Gasteiger partial charge on any atom is 0.186 e. The lowest BCUT2D eigenvalue weighted by Crippen LogP contribution is -2.10. The van der Waals surface area contributed by atoms with Gasteiger partial charge in [0.05, 0.1) is 0 Å². The highest BCUT2D eigenvalue weighted by molar-refractivity contribution is 7.99. The van der Waals surface area contributed by atoms with E-state index in [1.165, 1.54) is 6.33 Å². The van der Waals surface area contributed by atoms with Crippen LogP contribution < -0.4 is 5.73 Å². The van der Waals surface area contributed by atoms with Crippen molar-refractivity contribution in [2.75, 3.05) is 6.54 Å². The zero-order valence-electron chi connectivity index (χ0n) is 9.38. The van der Waals surface area contributed by atoms with Crippen LogP contribution in [0.25, 0.3) is 0 Å². The van der Waals surface area contributed by atoms with Crippen molar-refractivity contribution in [1.29, 1.82) is 0 Å². The summed E-state index contributed by atoms with van der Waals surface area (Å²) in [5, 5.41) is 5.78. The molecule has 0 saturated heterocycles. The summed E-state index contributed by atoms with van der Waals surface area (Å²) in [6.45, 7) is 0.541. The van der Waals surface area contributed by atoms with Crippen molar-refractivity contribution in [2.24, 2.45) is 12.8 Å². The summed E-state index contributed by atoms with van der Waals surface area (Å²) >= 11 is 7.47. The molecule has 4 nitrogen and oxygen atoms in total. The van der Waals surface area contributed by atoms with Crippen LogP contribution in [0, 0.1) is 0 Å². The van der Waals surface area contributed by atoms with Crippen LogP contribution in [0.5, 0.6) is 0 Å². The molecule has 2 aromatic rings. The number of nitrogens with two attached hydrogens (primary N) is 1. The molecule has 2 N–H and O–H groups in total. The molecular formula is C11H13ClN4S. The van der Waals surface area contributed by atoms with E-state index in [2.05, 4.69) is 10.1 Å². The normalized spacial score (nSPS) is 12.6. The molecule has 0 saturated carbocycles. The molecule has 0 radical (unpaired) electrons. The van der Waals surface area contributed by atoms with Crippen LogP contribution in [-0.2, 0) is 7.05 Å². The van der Waals surface area contributed by atoms with Gasteiger partial charge in [0.15, 0.2) is 5.16 Å². The van der Waals surface area contributed by atoms with Gasteiger partial charge in [-0.15, -0.1) is 0 Å². The molecular weight excluding hydrogens is 256 g/mol. The lowest BCUT2D eigenvalue weighted by molar-refractivity contribution is 0.682. The van der Waals surface area contributed by atoms with Gasteiger partial charge in [0, 0.05) is 23.9 Å². The van der Waals surface area contributed by atoms with E-state index in [9.17, 15) is 0 Å². The molecule has 17 heavy (non-hydrogen) atoms. The van der Waals surface area contributed by atoms with Crippen LogP contribution in [0.1, 0.15) is 10.8 Å². The van der Waals surface area contributed by atoms with Crippen molar-refractivity contribution < 1.29 is 0 Å². The maximum atomic E-state index is 5.86. The van der Waals surface area contributed by atoms with Crippen molar-refractivity contribution in [2.45, 2.75) is 10.4 Å². The molecule has 1 heterocycles. The quantitative estimate of drug-likeness (QED) is 0.865. The minimum absolute atomic E-state index is 0.162. The van der Waals surface area contributed by atoms with Gasteiger partial charge in [-0.25, -0.2) is 9.67 Å². The fraction of sp³-hybridized carbons (Fsp3) is 0.273. The van der Waals surface area contributed by atoms with Crippen molar-refractivity contribution >= 4 is 23.4 Å². The molecule has 6 heteroatoms. The van der Waals surface area contributed by atoms with Gasteiger partial charge in [-0.1, -0.05) is 35.5 Å². The van der Waals surface area contributed by atoms with Gasteiger partial charge >= 0.3 is 0 Å². The minimum atomic E-state index is 0.162. The van der Waals surface area contributed by atoms with E-state index in [1.54, 1.807) is 16.4 Å². The molecule has 1 atom stereocenters. The van der Waals surface area contributed by atoms with Crippen molar-refractivity contribution in [1.82, 2.24) is 14.8 Å². The molecule has 0 aliphatic heterocycles. The Bertz CT molecular complexity index is 482. The highest BCUT2D eigenvalue weighted by Gasteiger charge is 2.14. The maximum absolute atomic E-state index is 5.86.